The summed E-state index contributed by atoms with van der Waals surface area (Å²) >= 11 is 0. The number of hydrogen-bond donors (Lipinski definition) is 1. The number of aromatic nitrogens is 4. The molecule has 2 saturated carbocycles. The third-order valence-corrected chi connectivity index (χ3v) is 8.59. The van der Waals surface area contributed by atoms with Crippen molar-refractivity contribution < 1.29 is 9.47 Å². The number of anilines is 1. The van der Waals surface area contributed by atoms with Crippen molar-refractivity contribution in [3.63, 3.8) is 0 Å². The third-order valence-electron chi connectivity index (χ3n) is 8.59. The van der Waals surface area contributed by atoms with Gasteiger partial charge in [0.05, 0.1) is 37.3 Å². The van der Waals surface area contributed by atoms with Crippen molar-refractivity contribution >= 4 is 5.82 Å². The fourth-order valence-electron chi connectivity index (χ4n) is 6.22. The van der Waals surface area contributed by atoms with Gasteiger partial charge in [-0.1, -0.05) is 6.92 Å². The molecule has 8 nitrogen and oxygen atoms in total. The van der Waals surface area contributed by atoms with Gasteiger partial charge in [0.2, 0.25) is 0 Å². The van der Waals surface area contributed by atoms with E-state index in [1.165, 1.54) is 45.1 Å². The summed E-state index contributed by atoms with van der Waals surface area (Å²) in [5, 5.41) is 12.4. The molecule has 2 aromatic rings. The van der Waals surface area contributed by atoms with Gasteiger partial charge in [-0.25, -0.2) is 9.97 Å². The highest BCUT2D eigenvalue weighted by molar-refractivity contribution is 5.67. The second-order valence-electron chi connectivity index (χ2n) is 11.5. The van der Waals surface area contributed by atoms with E-state index in [0.29, 0.717) is 17.4 Å². The predicted molar refractivity (Wildman–Crippen MR) is 134 cm³/mol. The van der Waals surface area contributed by atoms with Gasteiger partial charge in [0.25, 0.3) is 0 Å². The molecule has 0 radical (unpaired) electrons. The normalized spacial score (nSPS) is 29.2. The first kappa shape index (κ1) is 23.3. The van der Waals surface area contributed by atoms with Gasteiger partial charge in [0, 0.05) is 48.9 Å². The molecule has 4 fully saturated rings. The van der Waals surface area contributed by atoms with E-state index in [0.717, 1.165) is 68.4 Å². The summed E-state index contributed by atoms with van der Waals surface area (Å²) in [4.78, 5) is 11.5. The topological polar surface area (TPSA) is 85.3 Å². The SMILES string of the molecule is CC1(CN2CCC3(CC2)COCCO3)CCC(Nc2cc(-c3cncnc3C3CC3)cnn2)CC1. The van der Waals surface area contributed by atoms with Crippen molar-refractivity contribution in [1.82, 2.24) is 25.1 Å². The van der Waals surface area contributed by atoms with Gasteiger partial charge in [0.1, 0.15) is 12.1 Å². The lowest BCUT2D eigenvalue weighted by Gasteiger charge is -2.47. The minimum Gasteiger partial charge on any atom is -0.376 e. The van der Waals surface area contributed by atoms with Crippen LogP contribution in [0.1, 0.15) is 69.9 Å². The van der Waals surface area contributed by atoms with Crippen LogP contribution in [0.2, 0.25) is 0 Å². The van der Waals surface area contributed by atoms with E-state index in [9.17, 15) is 0 Å². The predicted octanol–water partition coefficient (Wildman–Crippen LogP) is 4.05. The molecule has 0 atom stereocenters. The Morgan fingerprint density at radius 3 is 2.63 bits per heavy atom. The second-order valence-corrected chi connectivity index (χ2v) is 11.5. The molecular formula is C27H38N6O2. The van der Waals surface area contributed by atoms with Crippen LogP contribution < -0.4 is 5.32 Å². The maximum absolute atomic E-state index is 6.12. The maximum Gasteiger partial charge on any atom is 0.149 e. The van der Waals surface area contributed by atoms with Gasteiger partial charge >= 0.3 is 0 Å². The number of piperidine rings is 1. The fraction of sp³-hybridized carbons (Fsp3) is 0.704. The van der Waals surface area contributed by atoms with Crippen molar-refractivity contribution in [3.8, 4) is 11.1 Å². The van der Waals surface area contributed by atoms with Crippen LogP contribution in [0, 0.1) is 5.41 Å². The molecule has 0 amide bonds. The van der Waals surface area contributed by atoms with Gasteiger partial charge in [0.15, 0.2) is 0 Å². The Morgan fingerprint density at radius 2 is 1.89 bits per heavy atom. The average molecular weight is 479 g/mol. The van der Waals surface area contributed by atoms with Crippen LogP contribution in [0.15, 0.2) is 24.8 Å². The van der Waals surface area contributed by atoms with Gasteiger partial charge in [-0.15, -0.1) is 5.10 Å². The molecular weight excluding hydrogens is 440 g/mol. The highest BCUT2D eigenvalue weighted by atomic mass is 16.6. The highest BCUT2D eigenvalue weighted by Crippen LogP contribution is 2.43. The molecule has 8 heteroatoms. The van der Waals surface area contributed by atoms with Crippen LogP contribution in [0.4, 0.5) is 5.82 Å². The Morgan fingerprint density at radius 1 is 1.06 bits per heavy atom. The first-order valence-electron chi connectivity index (χ1n) is 13.4. The summed E-state index contributed by atoms with van der Waals surface area (Å²) in [6.45, 7) is 8.17. The monoisotopic (exact) mass is 478 g/mol. The minimum absolute atomic E-state index is 0.0158. The molecule has 35 heavy (non-hydrogen) atoms. The van der Waals surface area contributed by atoms with E-state index in [-0.39, 0.29) is 5.60 Å². The van der Waals surface area contributed by atoms with E-state index in [1.54, 1.807) is 6.33 Å². The summed E-state index contributed by atoms with van der Waals surface area (Å²) < 4.78 is 11.8. The number of hydrogen-bond acceptors (Lipinski definition) is 8. The minimum atomic E-state index is -0.0158. The van der Waals surface area contributed by atoms with Crippen LogP contribution >= 0.6 is 0 Å². The van der Waals surface area contributed by atoms with Gasteiger partial charge in [-0.3, -0.25) is 0 Å². The number of ether oxygens (including phenoxy) is 2. The van der Waals surface area contributed by atoms with E-state index in [1.807, 2.05) is 12.4 Å². The zero-order valence-electron chi connectivity index (χ0n) is 20.9. The van der Waals surface area contributed by atoms with E-state index in [4.69, 9.17) is 9.47 Å². The lowest BCUT2D eigenvalue weighted by atomic mass is 9.73. The van der Waals surface area contributed by atoms with Crippen molar-refractivity contribution in [2.45, 2.75) is 75.9 Å². The molecule has 1 spiro atoms. The summed E-state index contributed by atoms with van der Waals surface area (Å²) in [5.41, 5.74) is 3.66. The molecule has 6 rings (SSSR count). The zero-order chi connectivity index (χ0) is 23.7. The first-order valence-corrected chi connectivity index (χ1v) is 13.4. The maximum atomic E-state index is 6.12. The molecule has 2 saturated heterocycles. The molecule has 188 valence electrons. The van der Waals surface area contributed by atoms with Crippen LogP contribution in [0.3, 0.4) is 0 Å². The fourth-order valence-corrected chi connectivity index (χ4v) is 6.22. The summed E-state index contributed by atoms with van der Waals surface area (Å²) in [6.07, 6.45) is 14.8. The third kappa shape index (κ3) is 5.34. The van der Waals surface area contributed by atoms with Gasteiger partial charge in [-0.05, 0) is 62.8 Å². The van der Waals surface area contributed by atoms with Crippen molar-refractivity contribution in [1.29, 1.82) is 0 Å². The quantitative estimate of drug-likeness (QED) is 0.666. The molecule has 4 heterocycles. The summed E-state index contributed by atoms with van der Waals surface area (Å²) in [5.74, 6) is 1.43. The molecule has 2 aliphatic heterocycles. The van der Waals surface area contributed by atoms with Crippen molar-refractivity contribution in [2.24, 2.45) is 5.41 Å². The largest absolute Gasteiger partial charge is 0.376 e. The number of rotatable bonds is 6. The van der Waals surface area contributed by atoms with E-state index < -0.39 is 0 Å². The molecule has 2 aromatic heterocycles. The smallest absolute Gasteiger partial charge is 0.149 e. The molecule has 0 unspecified atom stereocenters. The highest BCUT2D eigenvalue weighted by Gasteiger charge is 2.40. The van der Waals surface area contributed by atoms with Crippen LogP contribution in [-0.2, 0) is 9.47 Å². The number of likely N-dealkylation sites (tertiary alicyclic amines) is 1. The Balaban J connectivity index is 1.02. The number of nitrogens with zero attached hydrogens (tertiary/aromatic N) is 5. The average Bonchev–Trinajstić information content (AvgIpc) is 3.74. The Labute approximate surface area is 208 Å². The van der Waals surface area contributed by atoms with E-state index in [2.05, 4.69) is 43.4 Å². The summed E-state index contributed by atoms with van der Waals surface area (Å²) in [6, 6.07) is 2.56. The molecule has 2 aliphatic carbocycles. The first-order chi connectivity index (χ1) is 17.1. The molecule has 1 N–H and O–H groups in total. The molecule has 0 aromatic carbocycles. The van der Waals surface area contributed by atoms with Gasteiger partial charge < -0.3 is 19.7 Å². The van der Waals surface area contributed by atoms with Crippen LogP contribution in [-0.4, -0.2) is 76.2 Å². The Hall–Kier alpha value is -2.16. The Kier molecular flexibility index (Phi) is 6.45. The standard InChI is InChI=1S/C27H38N6O2/c1-26(17-33-10-8-27(9-11-33)18-34-12-13-35-27)6-4-22(5-7-26)31-24-14-21(15-30-32-24)23-16-28-19-29-25(23)20-2-3-20/h14-16,19-20,22H,2-13,17-18H2,1H3,(H,31,32). The van der Waals surface area contributed by atoms with Gasteiger partial charge in [-0.2, -0.15) is 5.10 Å². The molecule has 4 aliphatic rings. The van der Waals surface area contributed by atoms with Crippen LogP contribution in [0.25, 0.3) is 11.1 Å². The Bertz CT molecular complexity index is 1000. The lowest BCUT2D eigenvalue weighted by Crippen LogP contribution is -2.53. The molecule has 0 bridgehead atoms. The second kappa shape index (κ2) is 9.71. The van der Waals surface area contributed by atoms with E-state index >= 15 is 0 Å². The van der Waals surface area contributed by atoms with Crippen LogP contribution in [0.5, 0.6) is 0 Å². The summed E-state index contributed by atoms with van der Waals surface area (Å²) in [7, 11) is 0. The lowest BCUT2D eigenvalue weighted by molar-refractivity contribution is -0.178. The zero-order valence-corrected chi connectivity index (χ0v) is 20.9. The van der Waals surface area contributed by atoms with Crippen molar-refractivity contribution in [2.75, 3.05) is 44.8 Å². The van der Waals surface area contributed by atoms with Crippen molar-refractivity contribution in [3.05, 3.63) is 30.5 Å². The number of nitrogens with one attached hydrogen (secondary N) is 1.